The second-order valence-corrected chi connectivity index (χ2v) is 6.53. The molecule has 0 aliphatic carbocycles. The molecule has 0 atom stereocenters. The molecule has 0 fully saturated rings. The van der Waals surface area contributed by atoms with Crippen molar-refractivity contribution in [3.8, 4) is 29.0 Å². The van der Waals surface area contributed by atoms with Gasteiger partial charge >= 0.3 is 0 Å². The maximum absolute atomic E-state index is 9.33. The van der Waals surface area contributed by atoms with E-state index >= 15 is 0 Å². The van der Waals surface area contributed by atoms with Crippen LogP contribution < -0.4 is 10.2 Å². The number of hydrazone groups is 1. The Balaban J connectivity index is 1.47. The van der Waals surface area contributed by atoms with Gasteiger partial charge in [0.25, 0.3) is 5.88 Å². The van der Waals surface area contributed by atoms with E-state index in [4.69, 9.17) is 9.15 Å². The van der Waals surface area contributed by atoms with E-state index in [9.17, 15) is 5.26 Å². The Hall–Kier alpha value is -4.37. The van der Waals surface area contributed by atoms with Gasteiger partial charge in [-0.05, 0) is 48.9 Å². The summed E-state index contributed by atoms with van der Waals surface area (Å²) >= 11 is 0. The molecule has 30 heavy (non-hydrogen) atoms. The number of rotatable bonds is 6. The number of hydrogen-bond donors (Lipinski definition) is 1. The van der Waals surface area contributed by atoms with Gasteiger partial charge in [0.05, 0.1) is 6.21 Å². The topological polar surface area (TPSA) is 83.4 Å². The van der Waals surface area contributed by atoms with Crippen molar-refractivity contribution in [1.29, 1.82) is 5.26 Å². The molecule has 0 spiro atoms. The fourth-order valence-electron chi connectivity index (χ4n) is 2.74. The minimum absolute atomic E-state index is 0.142. The number of oxazole rings is 1. The summed E-state index contributed by atoms with van der Waals surface area (Å²) in [5.74, 6) is 2.02. The van der Waals surface area contributed by atoms with Gasteiger partial charge in [-0.3, -0.25) is 0 Å². The van der Waals surface area contributed by atoms with Gasteiger partial charge in [-0.15, -0.1) is 0 Å². The van der Waals surface area contributed by atoms with Gasteiger partial charge in [0.1, 0.15) is 17.6 Å². The molecule has 1 aromatic heterocycles. The molecule has 0 radical (unpaired) electrons. The molecule has 1 N–H and O–H groups in total. The average molecular weight is 394 g/mol. The zero-order valence-electron chi connectivity index (χ0n) is 16.2. The predicted molar refractivity (Wildman–Crippen MR) is 116 cm³/mol. The second kappa shape index (κ2) is 8.76. The first-order valence-corrected chi connectivity index (χ1v) is 9.31. The third kappa shape index (κ3) is 4.54. The fraction of sp³-hybridized carbons (Fsp3) is 0.0417. The molecule has 146 valence electrons. The summed E-state index contributed by atoms with van der Waals surface area (Å²) in [4.78, 5) is 4.23. The van der Waals surface area contributed by atoms with Crippen LogP contribution >= 0.6 is 0 Å². The largest absolute Gasteiger partial charge is 0.457 e. The van der Waals surface area contributed by atoms with Crippen molar-refractivity contribution < 1.29 is 9.15 Å². The fourth-order valence-corrected chi connectivity index (χ4v) is 2.74. The van der Waals surface area contributed by atoms with Gasteiger partial charge in [-0.25, -0.2) is 5.43 Å². The number of benzene rings is 3. The predicted octanol–water partition coefficient (Wildman–Crippen LogP) is 5.76. The number of nitriles is 1. The Labute approximate surface area is 174 Å². The first-order chi connectivity index (χ1) is 14.7. The first kappa shape index (κ1) is 19.0. The van der Waals surface area contributed by atoms with Crippen LogP contribution in [-0.2, 0) is 0 Å². The second-order valence-electron chi connectivity index (χ2n) is 6.53. The van der Waals surface area contributed by atoms with Crippen molar-refractivity contribution in [2.45, 2.75) is 6.92 Å². The number of nitrogens with one attached hydrogen (secondary N) is 1. The van der Waals surface area contributed by atoms with Crippen molar-refractivity contribution in [2.24, 2.45) is 5.10 Å². The zero-order chi connectivity index (χ0) is 20.8. The summed E-state index contributed by atoms with van der Waals surface area (Å²) in [5, 5.41) is 13.5. The highest BCUT2D eigenvalue weighted by Gasteiger charge is 2.13. The van der Waals surface area contributed by atoms with Crippen molar-refractivity contribution in [3.63, 3.8) is 0 Å². The lowest BCUT2D eigenvalue weighted by atomic mass is 10.1. The Morgan fingerprint density at radius 3 is 2.53 bits per heavy atom. The molecule has 6 nitrogen and oxygen atoms in total. The first-order valence-electron chi connectivity index (χ1n) is 9.31. The lowest BCUT2D eigenvalue weighted by Gasteiger charge is -2.05. The summed E-state index contributed by atoms with van der Waals surface area (Å²) in [6.07, 6.45) is 1.62. The van der Waals surface area contributed by atoms with Crippen LogP contribution in [0.25, 0.3) is 11.5 Å². The van der Waals surface area contributed by atoms with Crippen molar-refractivity contribution in [1.82, 2.24) is 4.98 Å². The molecule has 0 amide bonds. The van der Waals surface area contributed by atoms with Crippen LogP contribution in [0.3, 0.4) is 0 Å². The maximum atomic E-state index is 9.33. The van der Waals surface area contributed by atoms with Gasteiger partial charge in [-0.2, -0.15) is 15.3 Å². The average Bonchev–Trinajstić information content (AvgIpc) is 3.18. The van der Waals surface area contributed by atoms with Crippen LogP contribution in [0.5, 0.6) is 11.5 Å². The molecule has 1 heterocycles. The van der Waals surface area contributed by atoms with E-state index < -0.39 is 0 Å². The summed E-state index contributed by atoms with van der Waals surface area (Å²) < 4.78 is 11.5. The Morgan fingerprint density at radius 1 is 1.00 bits per heavy atom. The third-order valence-electron chi connectivity index (χ3n) is 4.25. The van der Waals surface area contributed by atoms with E-state index in [0.29, 0.717) is 11.6 Å². The van der Waals surface area contributed by atoms with Crippen LogP contribution in [0.2, 0.25) is 0 Å². The molecule has 0 aliphatic heterocycles. The zero-order valence-corrected chi connectivity index (χ0v) is 16.2. The van der Waals surface area contributed by atoms with Crippen LogP contribution in [0.4, 0.5) is 5.88 Å². The molecule has 0 bridgehead atoms. The molecule has 3 aromatic carbocycles. The van der Waals surface area contributed by atoms with Gasteiger partial charge in [0.2, 0.25) is 11.6 Å². The summed E-state index contributed by atoms with van der Waals surface area (Å²) in [7, 11) is 0. The molecule has 4 rings (SSSR count). The van der Waals surface area contributed by atoms with E-state index in [0.717, 1.165) is 22.4 Å². The van der Waals surface area contributed by atoms with Crippen molar-refractivity contribution in [2.75, 3.05) is 5.43 Å². The van der Waals surface area contributed by atoms with E-state index in [-0.39, 0.29) is 11.6 Å². The number of aryl methyl sites for hydroxylation is 1. The highest BCUT2D eigenvalue weighted by atomic mass is 16.5. The Morgan fingerprint density at radius 2 is 1.77 bits per heavy atom. The quantitative estimate of drug-likeness (QED) is 0.332. The lowest BCUT2D eigenvalue weighted by molar-refractivity contribution is 0.482. The Bertz CT molecular complexity index is 1210. The SMILES string of the molecule is Cc1ccc(-c2nc(C#N)c(NN=Cc3cccc(Oc4ccccc4)c3)o2)cc1. The molecule has 0 unspecified atom stereocenters. The monoisotopic (exact) mass is 394 g/mol. The highest BCUT2D eigenvalue weighted by molar-refractivity contribution is 5.80. The van der Waals surface area contributed by atoms with E-state index in [1.54, 1.807) is 6.21 Å². The van der Waals surface area contributed by atoms with Crippen LogP contribution in [0, 0.1) is 18.3 Å². The minimum Gasteiger partial charge on any atom is -0.457 e. The van der Waals surface area contributed by atoms with Crippen molar-refractivity contribution >= 4 is 12.1 Å². The lowest BCUT2D eigenvalue weighted by Crippen LogP contribution is -1.92. The molecule has 0 saturated heterocycles. The molecule has 0 aliphatic rings. The van der Waals surface area contributed by atoms with Gasteiger partial charge in [0, 0.05) is 5.56 Å². The van der Waals surface area contributed by atoms with E-state index in [1.165, 1.54) is 0 Å². The molecule has 4 aromatic rings. The number of nitrogens with zero attached hydrogens (tertiary/aromatic N) is 3. The van der Waals surface area contributed by atoms with E-state index in [1.807, 2.05) is 91.9 Å². The standard InChI is InChI=1S/C24H18N4O2/c1-17-10-12-19(13-11-17)23-27-22(15-25)24(30-23)28-26-16-18-6-5-9-21(14-18)29-20-7-3-2-4-8-20/h2-14,16,28H,1H3. The van der Waals surface area contributed by atoms with Crippen LogP contribution in [0.1, 0.15) is 16.8 Å². The smallest absolute Gasteiger partial charge is 0.252 e. The van der Waals surface area contributed by atoms with E-state index in [2.05, 4.69) is 15.5 Å². The minimum atomic E-state index is 0.142. The number of para-hydroxylation sites is 1. The van der Waals surface area contributed by atoms with Gasteiger partial charge < -0.3 is 9.15 Å². The molecule has 6 heteroatoms. The molecule has 0 saturated carbocycles. The Kier molecular flexibility index (Phi) is 5.54. The van der Waals surface area contributed by atoms with Crippen LogP contribution in [-0.4, -0.2) is 11.2 Å². The maximum Gasteiger partial charge on any atom is 0.252 e. The third-order valence-corrected chi connectivity index (χ3v) is 4.25. The number of aromatic nitrogens is 1. The number of ether oxygens (including phenoxy) is 1. The number of hydrogen-bond acceptors (Lipinski definition) is 6. The van der Waals surface area contributed by atoms with Crippen LogP contribution in [0.15, 0.2) is 88.4 Å². The molecular weight excluding hydrogens is 376 g/mol. The van der Waals surface area contributed by atoms with Crippen molar-refractivity contribution in [3.05, 3.63) is 95.7 Å². The number of anilines is 1. The van der Waals surface area contributed by atoms with Gasteiger partial charge in [-0.1, -0.05) is 48.0 Å². The highest BCUT2D eigenvalue weighted by Crippen LogP contribution is 2.26. The van der Waals surface area contributed by atoms with Gasteiger partial charge in [0.15, 0.2) is 0 Å². The molecular formula is C24H18N4O2. The summed E-state index contributed by atoms with van der Waals surface area (Å²) in [5.41, 5.74) is 5.65. The summed E-state index contributed by atoms with van der Waals surface area (Å²) in [6, 6.07) is 26.8. The normalized spacial score (nSPS) is 10.7. The summed E-state index contributed by atoms with van der Waals surface area (Å²) in [6.45, 7) is 2.00.